The van der Waals surface area contributed by atoms with E-state index in [1.807, 2.05) is 26.0 Å². The van der Waals surface area contributed by atoms with Gasteiger partial charge >= 0.3 is 0 Å². The second kappa shape index (κ2) is 4.19. The molecule has 1 unspecified atom stereocenters. The Labute approximate surface area is 96.9 Å². The van der Waals surface area contributed by atoms with Gasteiger partial charge in [0.1, 0.15) is 5.60 Å². The third kappa shape index (κ3) is 2.00. The maximum Gasteiger partial charge on any atom is 0.115 e. The number of hydrogen-bond acceptors (Lipinski definition) is 2. The van der Waals surface area contributed by atoms with Crippen LogP contribution in [-0.4, -0.2) is 16.3 Å². The minimum Gasteiger partial charge on any atom is -0.390 e. The molecule has 1 saturated carbocycles. The fraction of sp³-hybridized carbons (Fsp3) is 0.571. The molecule has 1 fully saturated rings. The Hall–Kier alpha value is -0.860. The highest BCUT2D eigenvalue weighted by molar-refractivity contribution is 5.33. The van der Waals surface area contributed by atoms with Gasteiger partial charge in [-0.15, -0.1) is 0 Å². The molecule has 0 amide bonds. The zero-order chi connectivity index (χ0) is 11.8. The number of aliphatic hydroxyl groups is 2. The number of benzene rings is 1. The van der Waals surface area contributed by atoms with E-state index >= 15 is 0 Å². The average Bonchev–Trinajstić information content (AvgIpc) is 2.21. The van der Waals surface area contributed by atoms with Crippen LogP contribution in [-0.2, 0) is 5.60 Å². The molecule has 0 bridgehead atoms. The molecule has 1 aromatic rings. The molecule has 0 radical (unpaired) electrons. The van der Waals surface area contributed by atoms with E-state index in [4.69, 9.17) is 0 Å². The average molecular weight is 220 g/mol. The molecule has 0 aliphatic heterocycles. The first-order valence-electron chi connectivity index (χ1n) is 6.01. The predicted octanol–water partition coefficient (Wildman–Crippen LogP) is 2.43. The Balaban J connectivity index is 2.40. The highest BCUT2D eigenvalue weighted by Crippen LogP contribution is 2.37. The van der Waals surface area contributed by atoms with Gasteiger partial charge in [-0.05, 0) is 32.3 Å². The standard InChI is InChI=1S/C14H20O2/c1-10-7-11(2)9-12(8-10)14(16)6-4-3-5-13(14)15/h7-9,13,15-16H,3-6H2,1-2H3/t13-,14?/m1/s1. The van der Waals surface area contributed by atoms with Crippen LogP contribution in [0.2, 0.25) is 0 Å². The zero-order valence-electron chi connectivity index (χ0n) is 10.0. The summed E-state index contributed by atoms with van der Waals surface area (Å²) in [5.74, 6) is 0. The van der Waals surface area contributed by atoms with Gasteiger partial charge in [-0.1, -0.05) is 42.2 Å². The van der Waals surface area contributed by atoms with E-state index < -0.39 is 11.7 Å². The summed E-state index contributed by atoms with van der Waals surface area (Å²) >= 11 is 0. The van der Waals surface area contributed by atoms with Crippen molar-refractivity contribution in [2.75, 3.05) is 0 Å². The van der Waals surface area contributed by atoms with Crippen LogP contribution in [0.1, 0.15) is 42.4 Å². The van der Waals surface area contributed by atoms with Gasteiger partial charge in [0.05, 0.1) is 6.10 Å². The van der Waals surface area contributed by atoms with Gasteiger partial charge in [-0.3, -0.25) is 0 Å². The van der Waals surface area contributed by atoms with Gasteiger partial charge in [0.2, 0.25) is 0 Å². The summed E-state index contributed by atoms with van der Waals surface area (Å²) in [4.78, 5) is 0. The van der Waals surface area contributed by atoms with Crippen LogP contribution < -0.4 is 0 Å². The lowest BCUT2D eigenvalue weighted by Crippen LogP contribution is -2.42. The van der Waals surface area contributed by atoms with Gasteiger partial charge in [-0.2, -0.15) is 0 Å². The molecule has 1 aliphatic rings. The van der Waals surface area contributed by atoms with Gasteiger partial charge in [0.25, 0.3) is 0 Å². The van der Waals surface area contributed by atoms with Crippen LogP contribution in [0.5, 0.6) is 0 Å². The molecule has 2 nitrogen and oxygen atoms in total. The van der Waals surface area contributed by atoms with Gasteiger partial charge in [0.15, 0.2) is 0 Å². The molecule has 88 valence electrons. The van der Waals surface area contributed by atoms with E-state index in [2.05, 4.69) is 6.07 Å². The summed E-state index contributed by atoms with van der Waals surface area (Å²) in [7, 11) is 0. The quantitative estimate of drug-likeness (QED) is 0.763. The third-order valence-electron chi connectivity index (χ3n) is 3.56. The van der Waals surface area contributed by atoms with E-state index in [9.17, 15) is 10.2 Å². The van der Waals surface area contributed by atoms with Gasteiger partial charge < -0.3 is 10.2 Å². The number of aliphatic hydroxyl groups excluding tert-OH is 1. The molecule has 2 rings (SSSR count). The zero-order valence-corrected chi connectivity index (χ0v) is 10.0. The molecular formula is C14H20O2. The maximum absolute atomic E-state index is 10.6. The smallest absolute Gasteiger partial charge is 0.115 e. The fourth-order valence-corrected chi connectivity index (χ4v) is 2.70. The number of aryl methyl sites for hydroxylation is 2. The van der Waals surface area contributed by atoms with Crippen LogP contribution in [0.15, 0.2) is 18.2 Å². The van der Waals surface area contributed by atoms with E-state index in [0.29, 0.717) is 12.8 Å². The lowest BCUT2D eigenvalue weighted by Gasteiger charge is -2.37. The molecule has 1 aromatic carbocycles. The summed E-state index contributed by atoms with van der Waals surface area (Å²) in [5.41, 5.74) is 2.12. The number of rotatable bonds is 1. The van der Waals surface area contributed by atoms with Crippen molar-refractivity contribution in [3.63, 3.8) is 0 Å². The van der Waals surface area contributed by atoms with Crippen molar-refractivity contribution in [3.8, 4) is 0 Å². The van der Waals surface area contributed by atoms with Crippen molar-refractivity contribution in [3.05, 3.63) is 34.9 Å². The van der Waals surface area contributed by atoms with Crippen LogP contribution in [0, 0.1) is 13.8 Å². The van der Waals surface area contributed by atoms with E-state index in [-0.39, 0.29) is 0 Å². The molecule has 0 heterocycles. The van der Waals surface area contributed by atoms with E-state index in [1.165, 1.54) is 0 Å². The monoisotopic (exact) mass is 220 g/mol. The molecule has 0 spiro atoms. The second-order valence-corrected chi connectivity index (χ2v) is 5.06. The Bertz CT molecular complexity index is 366. The highest BCUT2D eigenvalue weighted by atomic mass is 16.3. The molecular weight excluding hydrogens is 200 g/mol. The van der Waals surface area contributed by atoms with Crippen LogP contribution in [0.4, 0.5) is 0 Å². The Morgan fingerprint density at radius 2 is 1.75 bits per heavy atom. The van der Waals surface area contributed by atoms with Crippen molar-refractivity contribution < 1.29 is 10.2 Å². The molecule has 2 atom stereocenters. The predicted molar refractivity (Wildman–Crippen MR) is 64.3 cm³/mol. The topological polar surface area (TPSA) is 40.5 Å². The minimum atomic E-state index is -1.03. The highest BCUT2D eigenvalue weighted by Gasteiger charge is 2.39. The largest absolute Gasteiger partial charge is 0.390 e. The molecule has 16 heavy (non-hydrogen) atoms. The van der Waals surface area contributed by atoms with Crippen molar-refractivity contribution >= 4 is 0 Å². The first kappa shape index (κ1) is 11.6. The van der Waals surface area contributed by atoms with Crippen LogP contribution in [0.25, 0.3) is 0 Å². The van der Waals surface area contributed by atoms with E-state index in [0.717, 1.165) is 29.5 Å². The minimum absolute atomic E-state index is 0.623. The molecule has 1 aliphatic carbocycles. The second-order valence-electron chi connectivity index (χ2n) is 5.06. The SMILES string of the molecule is Cc1cc(C)cc(C2(O)CCCC[C@H]2O)c1. The van der Waals surface area contributed by atoms with Crippen molar-refractivity contribution in [1.82, 2.24) is 0 Å². The van der Waals surface area contributed by atoms with Crippen molar-refractivity contribution in [1.29, 1.82) is 0 Å². The summed E-state index contributed by atoms with van der Waals surface area (Å²) in [6, 6.07) is 6.06. The van der Waals surface area contributed by atoms with E-state index in [1.54, 1.807) is 0 Å². The Morgan fingerprint density at radius 1 is 1.12 bits per heavy atom. The van der Waals surface area contributed by atoms with Gasteiger partial charge in [0, 0.05) is 0 Å². The van der Waals surface area contributed by atoms with Crippen molar-refractivity contribution in [2.45, 2.75) is 51.2 Å². The third-order valence-corrected chi connectivity index (χ3v) is 3.56. The lowest BCUT2D eigenvalue weighted by molar-refractivity contribution is -0.106. The van der Waals surface area contributed by atoms with Crippen molar-refractivity contribution in [2.24, 2.45) is 0 Å². The Kier molecular flexibility index (Phi) is 3.04. The fourth-order valence-electron chi connectivity index (χ4n) is 2.70. The molecule has 2 N–H and O–H groups in total. The van der Waals surface area contributed by atoms with Crippen LogP contribution >= 0.6 is 0 Å². The Morgan fingerprint density at radius 3 is 2.31 bits per heavy atom. The summed E-state index contributed by atoms with van der Waals surface area (Å²) in [6.07, 6.45) is 2.73. The van der Waals surface area contributed by atoms with Gasteiger partial charge in [-0.25, -0.2) is 0 Å². The summed E-state index contributed by atoms with van der Waals surface area (Å²) in [6.45, 7) is 4.05. The molecule has 0 aromatic heterocycles. The number of hydrogen-bond donors (Lipinski definition) is 2. The molecule has 0 saturated heterocycles. The normalized spacial score (nSPS) is 30.4. The van der Waals surface area contributed by atoms with Crippen LogP contribution in [0.3, 0.4) is 0 Å². The lowest BCUT2D eigenvalue weighted by atomic mass is 9.77. The first-order chi connectivity index (χ1) is 7.52. The summed E-state index contributed by atoms with van der Waals surface area (Å²) in [5, 5.41) is 20.6. The molecule has 2 heteroatoms. The first-order valence-corrected chi connectivity index (χ1v) is 6.01. The maximum atomic E-state index is 10.6. The summed E-state index contributed by atoms with van der Waals surface area (Å²) < 4.78 is 0.